The Kier molecular flexibility index (Phi) is 4.68. The molecule has 0 aromatic carbocycles. The quantitative estimate of drug-likeness (QED) is 0.692. The molecule has 4 N–H and O–H groups in total. The third-order valence-electron chi connectivity index (χ3n) is 4.96. The fraction of sp³-hybridized carbons (Fsp3) is 0.867. The average molecular weight is 282 g/mol. The van der Waals surface area contributed by atoms with Gasteiger partial charge in [-0.1, -0.05) is 25.7 Å². The van der Waals surface area contributed by atoms with Gasteiger partial charge >= 0.3 is 5.97 Å². The Morgan fingerprint density at radius 2 is 1.65 bits per heavy atom. The minimum atomic E-state index is -0.776. The molecule has 2 aliphatic carbocycles. The van der Waals surface area contributed by atoms with E-state index in [9.17, 15) is 9.59 Å². The van der Waals surface area contributed by atoms with Gasteiger partial charge < -0.3 is 16.2 Å². The Hall–Kier alpha value is -1.10. The van der Waals surface area contributed by atoms with Crippen molar-refractivity contribution in [1.82, 2.24) is 5.32 Å². The Labute approximate surface area is 120 Å². The Morgan fingerprint density at radius 1 is 1.00 bits per heavy atom. The van der Waals surface area contributed by atoms with Crippen LogP contribution in [0.2, 0.25) is 0 Å². The van der Waals surface area contributed by atoms with Crippen molar-refractivity contribution in [1.29, 1.82) is 0 Å². The van der Waals surface area contributed by atoms with Crippen LogP contribution in [0.3, 0.4) is 0 Å². The highest BCUT2D eigenvalue weighted by molar-refractivity contribution is 5.77. The molecule has 2 saturated carbocycles. The maximum atomic E-state index is 12.1. The summed E-state index contributed by atoms with van der Waals surface area (Å²) in [6.45, 7) is 0.480. The van der Waals surface area contributed by atoms with Crippen LogP contribution in [0.15, 0.2) is 0 Å². The van der Waals surface area contributed by atoms with E-state index < -0.39 is 5.97 Å². The minimum absolute atomic E-state index is 0.0222. The summed E-state index contributed by atoms with van der Waals surface area (Å²) in [5, 5.41) is 11.9. The molecule has 0 aromatic rings. The average Bonchev–Trinajstić information content (AvgIpc) is 2.32. The third kappa shape index (κ3) is 3.95. The fourth-order valence-electron chi connectivity index (χ4n) is 3.51. The number of hydrogen-bond donors (Lipinski definition) is 3. The molecule has 20 heavy (non-hydrogen) atoms. The van der Waals surface area contributed by atoms with E-state index in [4.69, 9.17) is 10.8 Å². The molecule has 2 aliphatic rings. The second kappa shape index (κ2) is 6.12. The van der Waals surface area contributed by atoms with Crippen LogP contribution in [0.5, 0.6) is 0 Å². The molecule has 2 fully saturated rings. The fourth-order valence-corrected chi connectivity index (χ4v) is 3.51. The molecule has 114 valence electrons. The smallest absolute Gasteiger partial charge is 0.303 e. The van der Waals surface area contributed by atoms with Crippen molar-refractivity contribution < 1.29 is 14.7 Å². The molecule has 2 rings (SSSR count). The number of carboxylic acids is 1. The lowest BCUT2D eigenvalue weighted by molar-refractivity contribution is -0.142. The number of nitrogens with two attached hydrogens (primary N) is 1. The zero-order valence-corrected chi connectivity index (χ0v) is 12.1. The van der Waals surface area contributed by atoms with Gasteiger partial charge in [-0.25, -0.2) is 0 Å². The van der Waals surface area contributed by atoms with Crippen molar-refractivity contribution >= 4 is 11.9 Å². The summed E-state index contributed by atoms with van der Waals surface area (Å²) in [5.41, 5.74) is 5.71. The van der Waals surface area contributed by atoms with Crippen molar-refractivity contribution in [2.24, 2.45) is 11.1 Å². The predicted octanol–water partition coefficient (Wildman–Crippen LogP) is 1.80. The van der Waals surface area contributed by atoms with Crippen LogP contribution in [0.25, 0.3) is 0 Å². The van der Waals surface area contributed by atoms with Gasteiger partial charge in [0.15, 0.2) is 0 Å². The van der Waals surface area contributed by atoms with Crippen LogP contribution in [0.1, 0.15) is 64.2 Å². The molecule has 0 saturated heterocycles. The van der Waals surface area contributed by atoms with Gasteiger partial charge in [0.05, 0.1) is 6.42 Å². The number of carbonyl (C=O) groups excluding carboxylic acids is 1. The molecule has 5 nitrogen and oxygen atoms in total. The van der Waals surface area contributed by atoms with E-state index in [2.05, 4.69) is 5.32 Å². The van der Waals surface area contributed by atoms with Gasteiger partial charge in [-0.2, -0.15) is 0 Å². The number of amides is 1. The molecule has 0 bridgehead atoms. The maximum absolute atomic E-state index is 12.1. The first kappa shape index (κ1) is 15.3. The first-order chi connectivity index (χ1) is 9.43. The summed E-state index contributed by atoms with van der Waals surface area (Å²) in [6, 6.07) is 0. The Bertz CT molecular complexity index is 371. The highest BCUT2D eigenvalue weighted by atomic mass is 16.4. The first-order valence-electron chi connectivity index (χ1n) is 7.71. The number of nitrogens with one attached hydrogen (secondary N) is 1. The van der Waals surface area contributed by atoms with Crippen LogP contribution < -0.4 is 11.1 Å². The van der Waals surface area contributed by atoms with Gasteiger partial charge in [-0.15, -0.1) is 0 Å². The number of carboxylic acid groups (broad SMARTS) is 1. The minimum Gasteiger partial charge on any atom is -0.481 e. The van der Waals surface area contributed by atoms with Gasteiger partial charge in [0, 0.05) is 18.5 Å². The van der Waals surface area contributed by atoms with Gasteiger partial charge in [-0.05, 0) is 31.1 Å². The molecule has 1 amide bonds. The van der Waals surface area contributed by atoms with Crippen molar-refractivity contribution in [2.45, 2.75) is 69.7 Å². The second-order valence-corrected chi connectivity index (χ2v) is 6.80. The number of hydrogen-bond acceptors (Lipinski definition) is 3. The molecule has 5 heteroatoms. The Morgan fingerprint density at radius 3 is 2.15 bits per heavy atom. The summed E-state index contributed by atoms with van der Waals surface area (Å²) < 4.78 is 0. The molecule has 0 spiro atoms. The standard InChI is InChI=1S/C15H26N2O3/c16-15(7-2-1-3-8-15)9-12(18)17-11-14(5-4-6-14)10-13(19)20/h1-11,16H2,(H,17,18)(H,19,20). The van der Waals surface area contributed by atoms with Crippen LogP contribution in [-0.4, -0.2) is 29.1 Å². The van der Waals surface area contributed by atoms with E-state index in [1.54, 1.807) is 0 Å². The maximum Gasteiger partial charge on any atom is 0.303 e. The van der Waals surface area contributed by atoms with Crippen molar-refractivity contribution in [3.05, 3.63) is 0 Å². The molecule has 0 radical (unpaired) electrons. The Balaban J connectivity index is 1.78. The summed E-state index contributed by atoms with van der Waals surface area (Å²) in [5.74, 6) is -0.799. The van der Waals surface area contributed by atoms with E-state index in [0.29, 0.717) is 13.0 Å². The van der Waals surface area contributed by atoms with Crippen LogP contribution >= 0.6 is 0 Å². The van der Waals surface area contributed by atoms with E-state index in [-0.39, 0.29) is 23.3 Å². The topological polar surface area (TPSA) is 92.4 Å². The number of rotatable bonds is 6. The first-order valence-corrected chi connectivity index (χ1v) is 7.71. The van der Waals surface area contributed by atoms with Crippen molar-refractivity contribution in [2.75, 3.05) is 6.54 Å². The summed E-state index contributed by atoms with van der Waals surface area (Å²) in [7, 11) is 0. The molecule has 0 unspecified atom stereocenters. The zero-order valence-electron chi connectivity index (χ0n) is 12.1. The van der Waals surface area contributed by atoms with E-state index in [0.717, 1.165) is 44.9 Å². The summed E-state index contributed by atoms with van der Waals surface area (Å²) >= 11 is 0. The van der Waals surface area contributed by atoms with Gasteiger partial charge in [0.2, 0.25) is 5.91 Å². The summed E-state index contributed by atoms with van der Waals surface area (Å²) in [4.78, 5) is 22.9. The summed E-state index contributed by atoms with van der Waals surface area (Å²) in [6.07, 6.45) is 8.63. The zero-order chi connectivity index (χ0) is 14.6. The number of aliphatic carboxylic acids is 1. The largest absolute Gasteiger partial charge is 0.481 e. The molecular weight excluding hydrogens is 256 g/mol. The van der Waals surface area contributed by atoms with Gasteiger partial charge in [0.1, 0.15) is 0 Å². The van der Waals surface area contributed by atoms with Crippen LogP contribution in [0.4, 0.5) is 0 Å². The molecule has 0 atom stereocenters. The highest BCUT2D eigenvalue weighted by Gasteiger charge is 2.39. The lowest BCUT2D eigenvalue weighted by Crippen LogP contribution is -2.49. The normalized spacial score (nSPS) is 23.6. The lowest BCUT2D eigenvalue weighted by atomic mass is 9.66. The molecule has 0 aliphatic heterocycles. The van der Waals surface area contributed by atoms with Crippen molar-refractivity contribution in [3.8, 4) is 0 Å². The highest BCUT2D eigenvalue weighted by Crippen LogP contribution is 2.43. The monoisotopic (exact) mass is 282 g/mol. The van der Waals surface area contributed by atoms with Gasteiger partial charge in [0.25, 0.3) is 0 Å². The van der Waals surface area contributed by atoms with Crippen LogP contribution in [0, 0.1) is 5.41 Å². The SMILES string of the molecule is NC1(CC(=O)NCC2(CC(=O)O)CCC2)CCCCC1. The second-order valence-electron chi connectivity index (χ2n) is 6.80. The van der Waals surface area contributed by atoms with E-state index in [1.165, 1.54) is 6.42 Å². The molecule has 0 heterocycles. The van der Waals surface area contributed by atoms with Crippen LogP contribution in [-0.2, 0) is 9.59 Å². The number of carbonyl (C=O) groups is 2. The van der Waals surface area contributed by atoms with E-state index >= 15 is 0 Å². The molecular formula is C15H26N2O3. The van der Waals surface area contributed by atoms with Crippen molar-refractivity contribution in [3.63, 3.8) is 0 Å². The third-order valence-corrected chi connectivity index (χ3v) is 4.96. The van der Waals surface area contributed by atoms with Gasteiger partial charge in [-0.3, -0.25) is 9.59 Å². The predicted molar refractivity (Wildman–Crippen MR) is 76.2 cm³/mol. The molecule has 0 aromatic heterocycles. The lowest BCUT2D eigenvalue weighted by Gasteiger charge is -2.41. The van der Waals surface area contributed by atoms with E-state index in [1.807, 2.05) is 0 Å².